The zero-order valence-corrected chi connectivity index (χ0v) is 14.0. The van der Waals surface area contributed by atoms with Crippen LogP contribution in [-0.2, 0) is 20.0 Å². The van der Waals surface area contributed by atoms with Crippen LogP contribution in [0.15, 0.2) is 76.5 Å². The quantitative estimate of drug-likeness (QED) is 0.742. The molecule has 3 aromatic rings. The first kappa shape index (κ1) is 16.4. The normalized spacial score (nSPS) is 12.2. The van der Waals surface area contributed by atoms with Crippen molar-refractivity contribution >= 4 is 36.5 Å². The van der Waals surface area contributed by atoms with Crippen molar-refractivity contribution < 1.29 is 16.8 Å². The van der Waals surface area contributed by atoms with Crippen LogP contribution in [0.1, 0.15) is 0 Å². The Morgan fingerprint density at radius 2 is 1.29 bits per heavy atom. The van der Waals surface area contributed by atoms with Gasteiger partial charge in [0.2, 0.25) is 10.0 Å². The smallest absolute Gasteiger partial charge is 0.263 e. The lowest BCUT2D eigenvalue weighted by atomic mass is 10.1. The van der Waals surface area contributed by atoms with E-state index in [4.69, 9.17) is 5.14 Å². The lowest BCUT2D eigenvalue weighted by Gasteiger charge is -2.13. The van der Waals surface area contributed by atoms with Gasteiger partial charge in [-0.3, -0.25) is 4.72 Å². The Morgan fingerprint density at radius 3 is 2.00 bits per heavy atom. The molecular weight excluding hydrogens is 348 g/mol. The van der Waals surface area contributed by atoms with Gasteiger partial charge in [0.1, 0.15) is 9.79 Å². The summed E-state index contributed by atoms with van der Waals surface area (Å²) in [4.78, 5) is -0.835. The molecule has 124 valence electrons. The van der Waals surface area contributed by atoms with Crippen molar-refractivity contribution in [1.29, 1.82) is 0 Å². The van der Waals surface area contributed by atoms with Gasteiger partial charge in [-0.2, -0.15) is 0 Å². The summed E-state index contributed by atoms with van der Waals surface area (Å²) in [6, 6.07) is 17.7. The lowest BCUT2D eigenvalue weighted by molar-refractivity contribution is 0.586. The number of anilines is 1. The lowest BCUT2D eigenvalue weighted by Crippen LogP contribution is -2.20. The topological polar surface area (TPSA) is 106 Å². The summed E-state index contributed by atoms with van der Waals surface area (Å²) in [5, 5.41) is 6.68. The van der Waals surface area contributed by atoms with E-state index in [2.05, 4.69) is 4.72 Å². The largest absolute Gasteiger partial charge is 0.279 e. The molecule has 0 aliphatic rings. The van der Waals surface area contributed by atoms with Crippen molar-refractivity contribution in [2.75, 3.05) is 4.72 Å². The summed E-state index contributed by atoms with van der Waals surface area (Å²) in [5.41, 5.74) is 0.359. The molecule has 6 nitrogen and oxygen atoms in total. The van der Waals surface area contributed by atoms with Gasteiger partial charge < -0.3 is 0 Å². The van der Waals surface area contributed by atoms with Crippen LogP contribution < -0.4 is 9.86 Å². The molecule has 0 aliphatic heterocycles. The molecule has 0 bridgehead atoms. The van der Waals surface area contributed by atoms with E-state index in [1.165, 1.54) is 18.2 Å². The van der Waals surface area contributed by atoms with E-state index >= 15 is 0 Å². The molecule has 0 heterocycles. The fraction of sp³-hybridized carbons (Fsp3) is 0. The number of hydrogen-bond donors (Lipinski definition) is 2. The van der Waals surface area contributed by atoms with Crippen molar-refractivity contribution in [2.24, 2.45) is 5.14 Å². The standard InChI is InChI=1S/C16H14N2O4S2/c17-23(19,20)15-10-3-4-11-16(15)24(21,22)18-14-9-5-7-12-6-1-2-8-13(12)14/h1-11,18H,(H2,17,19,20). The highest BCUT2D eigenvalue weighted by Gasteiger charge is 2.24. The first-order chi connectivity index (χ1) is 11.3. The van der Waals surface area contributed by atoms with E-state index in [0.29, 0.717) is 11.1 Å². The number of fused-ring (bicyclic) bond motifs is 1. The maximum absolute atomic E-state index is 12.7. The molecule has 0 unspecified atom stereocenters. The van der Waals surface area contributed by atoms with Crippen LogP contribution in [0.3, 0.4) is 0 Å². The van der Waals surface area contributed by atoms with Gasteiger partial charge in [0.15, 0.2) is 0 Å². The van der Waals surface area contributed by atoms with Crippen molar-refractivity contribution in [1.82, 2.24) is 0 Å². The maximum atomic E-state index is 12.7. The van der Waals surface area contributed by atoms with Gasteiger partial charge in [-0.05, 0) is 23.6 Å². The van der Waals surface area contributed by atoms with Crippen molar-refractivity contribution in [3.63, 3.8) is 0 Å². The predicted molar refractivity (Wildman–Crippen MR) is 92.6 cm³/mol. The van der Waals surface area contributed by atoms with Gasteiger partial charge >= 0.3 is 0 Å². The third-order valence-electron chi connectivity index (χ3n) is 3.48. The highest BCUT2D eigenvalue weighted by molar-refractivity contribution is 7.94. The van der Waals surface area contributed by atoms with Gasteiger partial charge in [0.05, 0.1) is 5.69 Å². The summed E-state index contributed by atoms with van der Waals surface area (Å²) in [6.07, 6.45) is 0. The number of primary sulfonamides is 1. The molecule has 0 fully saturated rings. The summed E-state index contributed by atoms with van der Waals surface area (Å²) >= 11 is 0. The molecule has 3 rings (SSSR count). The Kier molecular flexibility index (Phi) is 4.04. The highest BCUT2D eigenvalue weighted by atomic mass is 32.2. The third kappa shape index (κ3) is 3.12. The number of rotatable bonds is 4. The van der Waals surface area contributed by atoms with Crippen LogP contribution in [0.25, 0.3) is 10.8 Å². The Morgan fingerprint density at radius 1 is 0.708 bits per heavy atom. The van der Waals surface area contributed by atoms with Crippen LogP contribution in [0.4, 0.5) is 5.69 Å². The van der Waals surface area contributed by atoms with Gasteiger partial charge in [-0.1, -0.05) is 48.5 Å². The van der Waals surface area contributed by atoms with Crippen LogP contribution in [-0.4, -0.2) is 16.8 Å². The van der Waals surface area contributed by atoms with E-state index in [1.807, 2.05) is 18.2 Å². The van der Waals surface area contributed by atoms with Gasteiger partial charge in [0.25, 0.3) is 10.0 Å². The molecule has 0 saturated carbocycles. The SMILES string of the molecule is NS(=O)(=O)c1ccccc1S(=O)(=O)Nc1cccc2ccccc12. The zero-order chi connectivity index (χ0) is 17.4. The van der Waals surface area contributed by atoms with Crippen LogP contribution >= 0.6 is 0 Å². The van der Waals surface area contributed by atoms with Crippen LogP contribution in [0, 0.1) is 0 Å². The summed E-state index contributed by atoms with van der Waals surface area (Å²) in [5.74, 6) is 0. The average molecular weight is 362 g/mol. The molecule has 0 spiro atoms. The van der Waals surface area contributed by atoms with Crippen molar-refractivity contribution in [3.05, 3.63) is 66.7 Å². The van der Waals surface area contributed by atoms with Crippen LogP contribution in [0.5, 0.6) is 0 Å². The Hall–Kier alpha value is -2.42. The monoisotopic (exact) mass is 362 g/mol. The van der Waals surface area contributed by atoms with E-state index < -0.39 is 24.9 Å². The molecule has 0 aliphatic carbocycles. The van der Waals surface area contributed by atoms with Crippen LogP contribution in [0.2, 0.25) is 0 Å². The summed E-state index contributed by atoms with van der Waals surface area (Å²) < 4.78 is 51.1. The van der Waals surface area contributed by atoms with E-state index in [9.17, 15) is 16.8 Å². The molecular formula is C16H14N2O4S2. The predicted octanol–water partition coefficient (Wildman–Crippen LogP) is 2.29. The third-order valence-corrected chi connectivity index (χ3v) is 6.00. The molecule has 0 saturated heterocycles. The van der Waals surface area contributed by atoms with E-state index in [1.54, 1.807) is 24.3 Å². The van der Waals surface area contributed by atoms with Gasteiger partial charge in [-0.25, -0.2) is 22.0 Å². The minimum Gasteiger partial charge on any atom is -0.279 e. The highest BCUT2D eigenvalue weighted by Crippen LogP contribution is 2.27. The number of benzene rings is 3. The molecule has 3 N–H and O–H groups in total. The molecule has 0 amide bonds. The molecule has 0 atom stereocenters. The number of sulfonamides is 2. The Labute approximate surface area is 140 Å². The first-order valence-electron chi connectivity index (χ1n) is 6.91. The fourth-order valence-corrected chi connectivity index (χ4v) is 4.88. The molecule has 0 aromatic heterocycles. The average Bonchev–Trinajstić information content (AvgIpc) is 2.54. The van der Waals surface area contributed by atoms with Crippen molar-refractivity contribution in [3.8, 4) is 0 Å². The molecule has 24 heavy (non-hydrogen) atoms. The van der Waals surface area contributed by atoms with Crippen molar-refractivity contribution in [2.45, 2.75) is 9.79 Å². The Bertz CT molecular complexity index is 1120. The van der Waals surface area contributed by atoms with E-state index in [-0.39, 0.29) is 4.90 Å². The second-order valence-corrected chi connectivity index (χ2v) is 8.30. The Balaban J connectivity index is 2.14. The second-order valence-electron chi connectivity index (χ2n) is 5.12. The minimum absolute atomic E-state index is 0.359. The first-order valence-corrected chi connectivity index (χ1v) is 9.94. The van der Waals surface area contributed by atoms with Gasteiger partial charge in [0, 0.05) is 5.39 Å². The zero-order valence-electron chi connectivity index (χ0n) is 12.4. The summed E-state index contributed by atoms with van der Waals surface area (Å²) in [7, 11) is -8.30. The molecule has 3 aromatic carbocycles. The maximum Gasteiger partial charge on any atom is 0.263 e. The van der Waals surface area contributed by atoms with Gasteiger partial charge in [-0.15, -0.1) is 0 Å². The minimum atomic E-state index is -4.17. The number of nitrogens with one attached hydrogen (secondary N) is 1. The summed E-state index contributed by atoms with van der Waals surface area (Å²) in [6.45, 7) is 0. The molecule has 0 radical (unpaired) electrons. The van der Waals surface area contributed by atoms with E-state index in [0.717, 1.165) is 11.5 Å². The molecule has 8 heteroatoms. The second kappa shape index (κ2) is 5.90. The number of nitrogens with two attached hydrogens (primary N) is 1. The number of hydrogen-bond acceptors (Lipinski definition) is 4. The fourth-order valence-electron chi connectivity index (χ4n) is 2.42.